The van der Waals surface area contributed by atoms with Crippen molar-refractivity contribution >= 4 is 17.9 Å². The van der Waals surface area contributed by atoms with Crippen LogP contribution < -0.4 is 5.11 Å². The standard InChI is InChI=1S/C86H165NO8/c1-6-8-10-12-14-16-18-20-22-24-26-28-30-32-34-36-38-40-41-42-43-45-47-49-51-53-55-57-59-61-63-65-67-69-71-73-75-77-84(89)95-82(81-94-86(85(90)91)92-79-78-87(3,4)5)80-93-83(88)76-74-72-70-68-66-64-62-60-58-56-54-52-50-48-46-44-39-37-35-33-31-29-27-25-23-21-19-17-15-13-11-9-7-2/h18,20,24,26,82,86H,6-17,19,21-23,25,27-81H2,1-5H3/b20-18-,26-24-. The Bertz CT molecular complexity index is 1610. The highest BCUT2D eigenvalue weighted by atomic mass is 16.7. The molecule has 0 N–H and O–H groups in total. The first-order chi connectivity index (χ1) is 46.6. The number of rotatable bonds is 81. The molecule has 0 aliphatic rings. The number of carboxylic acid groups (broad SMARTS) is 1. The number of quaternary nitrogens is 1. The number of likely N-dealkylation sites (N-methyl/N-ethyl adjacent to an activating group) is 1. The van der Waals surface area contributed by atoms with Gasteiger partial charge in [0.2, 0.25) is 0 Å². The minimum atomic E-state index is -1.62. The van der Waals surface area contributed by atoms with E-state index in [0.29, 0.717) is 17.4 Å². The van der Waals surface area contributed by atoms with Crippen LogP contribution in [0.1, 0.15) is 450 Å². The van der Waals surface area contributed by atoms with E-state index in [-0.39, 0.29) is 32.2 Å². The summed E-state index contributed by atoms with van der Waals surface area (Å²) in [5.41, 5.74) is 0. The molecule has 0 bridgehead atoms. The first kappa shape index (κ1) is 92.8. The van der Waals surface area contributed by atoms with Crippen LogP contribution >= 0.6 is 0 Å². The van der Waals surface area contributed by atoms with Gasteiger partial charge in [-0.3, -0.25) is 9.59 Å². The predicted molar refractivity (Wildman–Crippen MR) is 408 cm³/mol. The zero-order valence-corrected chi connectivity index (χ0v) is 64.6. The highest BCUT2D eigenvalue weighted by molar-refractivity contribution is 5.70. The summed E-state index contributed by atoms with van der Waals surface area (Å²) in [5, 5.41) is 11.9. The first-order valence-corrected chi connectivity index (χ1v) is 42.5. The van der Waals surface area contributed by atoms with Gasteiger partial charge in [-0.25, -0.2) is 0 Å². The molecular weight excluding hydrogens is 1170 g/mol. The Labute approximate surface area is 592 Å². The van der Waals surface area contributed by atoms with Gasteiger partial charge in [-0.1, -0.05) is 417 Å². The van der Waals surface area contributed by atoms with Crippen molar-refractivity contribution in [1.82, 2.24) is 0 Å². The minimum Gasteiger partial charge on any atom is -0.545 e. The minimum absolute atomic E-state index is 0.152. The van der Waals surface area contributed by atoms with Crippen molar-refractivity contribution in [1.29, 1.82) is 0 Å². The maximum Gasteiger partial charge on any atom is 0.306 e. The summed E-state index contributed by atoms with van der Waals surface area (Å²) in [6.07, 6.45) is 96.2. The van der Waals surface area contributed by atoms with E-state index in [1.807, 2.05) is 21.1 Å². The van der Waals surface area contributed by atoms with Crippen molar-refractivity contribution in [2.75, 3.05) is 47.5 Å². The van der Waals surface area contributed by atoms with Crippen LogP contribution in [0.15, 0.2) is 24.3 Å². The van der Waals surface area contributed by atoms with Crippen LogP contribution in [0.4, 0.5) is 0 Å². The van der Waals surface area contributed by atoms with Crippen LogP contribution in [-0.4, -0.2) is 82.3 Å². The van der Waals surface area contributed by atoms with Gasteiger partial charge in [0.15, 0.2) is 12.4 Å². The van der Waals surface area contributed by atoms with Gasteiger partial charge < -0.3 is 33.3 Å². The van der Waals surface area contributed by atoms with Crippen LogP contribution in [0.5, 0.6) is 0 Å². The van der Waals surface area contributed by atoms with Gasteiger partial charge in [0.1, 0.15) is 13.2 Å². The smallest absolute Gasteiger partial charge is 0.306 e. The molecule has 562 valence electrons. The SMILES string of the molecule is CCCCCCC/C=C\C/C=C\CCCCCCCCCCCCCCCCCCCCCCCCCCCC(=O)OC(COC(=O)CCCCCCCCCCCCCCCCCCCCCCCCCCCCCCCCCCC)COC(OCC[N+](C)(C)C)C(=O)[O-]. The third-order valence-corrected chi connectivity index (χ3v) is 19.7. The molecule has 2 atom stereocenters. The Morgan fingerprint density at radius 3 is 0.832 bits per heavy atom. The maximum atomic E-state index is 13.0. The topological polar surface area (TPSA) is 111 Å². The molecular formula is C86H165NO8. The fraction of sp³-hybridized carbons (Fsp3) is 0.919. The molecule has 2 unspecified atom stereocenters. The van der Waals surface area contributed by atoms with Crippen LogP contribution in [-0.2, 0) is 33.3 Å². The Hall–Kier alpha value is -2.23. The molecule has 9 nitrogen and oxygen atoms in total. The highest BCUT2D eigenvalue weighted by Gasteiger charge is 2.22. The average molecular weight is 1340 g/mol. The molecule has 0 heterocycles. The second kappa shape index (κ2) is 77.5. The lowest BCUT2D eigenvalue weighted by atomic mass is 10.0. The summed E-state index contributed by atoms with van der Waals surface area (Å²) in [6, 6.07) is 0. The summed E-state index contributed by atoms with van der Waals surface area (Å²) in [6.45, 7) is 4.84. The van der Waals surface area contributed by atoms with E-state index >= 15 is 0 Å². The zero-order chi connectivity index (χ0) is 69.0. The molecule has 0 saturated heterocycles. The molecule has 0 radical (unpaired) electrons. The number of carboxylic acids is 1. The Morgan fingerprint density at radius 2 is 0.568 bits per heavy atom. The molecule has 0 aliphatic heterocycles. The molecule has 0 spiro atoms. The second-order valence-electron chi connectivity index (χ2n) is 30.5. The van der Waals surface area contributed by atoms with Crippen molar-refractivity contribution in [2.45, 2.75) is 463 Å². The number of esters is 2. The first-order valence-electron chi connectivity index (χ1n) is 42.5. The average Bonchev–Trinajstić information content (AvgIpc) is 3.75. The van der Waals surface area contributed by atoms with Gasteiger partial charge in [0.25, 0.3) is 0 Å². The van der Waals surface area contributed by atoms with E-state index in [0.717, 1.165) is 44.9 Å². The number of hydrogen-bond acceptors (Lipinski definition) is 8. The molecule has 0 aliphatic carbocycles. The van der Waals surface area contributed by atoms with Crippen molar-refractivity contribution in [3.05, 3.63) is 24.3 Å². The second-order valence-corrected chi connectivity index (χ2v) is 30.5. The lowest BCUT2D eigenvalue weighted by molar-refractivity contribution is -0.870. The Kier molecular flexibility index (Phi) is 75.7. The number of unbranched alkanes of at least 4 members (excludes halogenated alkanes) is 62. The van der Waals surface area contributed by atoms with Crippen LogP contribution in [0.25, 0.3) is 0 Å². The number of allylic oxidation sites excluding steroid dienone is 4. The number of hydrogen-bond donors (Lipinski definition) is 0. The molecule has 0 saturated carbocycles. The van der Waals surface area contributed by atoms with Crippen molar-refractivity contribution in [2.24, 2.45) is 0 Å². The normalized spacial score (nSPS) is 12.6. The van der Waals surface area contributed by atoms with E-state index in [9.17, 15) is 19.5 Å². The van der Waals surface area contributed by atoms with Gasteiger partial charge in [-0.05, 0) is 44.9 Å². The van der Waals surface area contributed by atoms with Crippen molar-refractivity contribution < 1.29 is 42.9 Å². The van der Waals surface area contributed by atoms with E-state index in [2.05, 4.69) is 38.2 Å². The lowest BCUT2D eigenvalue weighted by Gasteiger charge is -2.26. The van der Waals surface area contributed by atoms with Gasteiger partial charge in [-0.2, -0.15) is 0 Å². The molecule has 0 aromatic rings. The number of nitrogens with zero attached hydrogens (tertiary/aromatic N) is 1. The molecule has 9 heteroatoms. The highest BCUT2D eigenvalue weighted by Crippen LogP contribution is 2.21. The van der Waals surface area contributed by atoms with Crippen LogP contribution in [0, 0.1) is 0 Å². The fourth-order valence-electron chi connectivity index (χ4n) is 13.2. The third kappa shape index (κ3) is 79.0. The molecule has 95 heavy (non-hydrogen) atoms. The van der Waals surface area contributed by atoms with Gasteiger partial charge in [0.05, 0.1) is 40.3 Å². The third-order valence-electron chi connectivity index (χ3n) is 19.7. The largest absolute Gasteiger partial charge is 0.545 e. The Morgan fingerprint density at radius 1 is 0.316 bits per heavy atom. The summed E-state index contributed by atoms with van der Waals surface area (Å²) < 4.78 is 22.9. The molecule has 0 amide bonds. The van der Waals surface area contributed by atoms with Gasteiger partial charge in [-0.15, -0.1) is 0 Å². The molecule has 0 rings (SSSR count). The van der Waals surface area contributed by atoms with Crippen molar-refractivity contribution in [3.63, 3.8) is 0 Å². The van der Waals surface area contributed by atoms with E-state index in [4.69, 9.17) is 18.9 Å². The lowest BCUT2D eigenvalue weighted by Crippen LogP contribution is -2.44. The van der Waals surface area contributed by atoms with E-state index in [1.54, 1.807) is 0 Å². The quantitative estimate of drug-likeness (QED) is 0.0195. The van der Waals surface area contributed by atoms with Crippen LogP contribution in [0.3, 0.4) is 0 Å². The number of carbonyl (C=O) groups excluding carboxylic acids is 3. The van der Waals surface area contributed by atoms with E-state index in [1.165, 1.54) is 379 Å². The molecule has 0 aromatic heterocycles. The molecule has 0 aromatic carbocycles. The number of aliphatic carboxylic acids is 1. The van der Waals surface area contributed by atoms with E-state index < -0.39 is 24.3 Å². The fourth-order valence-corrected chi connectivity index (χ4v) is 13.2. The predicted octanol–water partition coefficient (Wildman–Crippen LogP) is 25.9. The number of carbonyl (C=O) groups is 3. The molecule has 0 fully saturated rings. The van der Waals surface area contributed by atoms with Gasteiger partial charge >= 0.3 is 11.9 Å². The van der Waals surface area contributed by atoms with Crippen molar-refractivity contribution in [3.8, 4) is 0 Å². The summed E-state index contributed by atoms with van der Waals surface area (Å²) in [4.78, 5) is 37.6. The zero-order valence-electron chi connectivity index (χ0n) is 64.6. The van der Waals surface area contributed by atoms with Gasteiger partial charge in [0, 0.05) is 12.8 Å². The monoisotopic (exact) mass is 1340 g/mol. The summed E-state index contributed by atoms with van der Waals surface area (Å²) in [7, 11) is 5.96. The Balaban J connectivity index is 3.92. The summed E-state index contributed by atoms with van der Waals surface area (Å²) in [5.74, 6) is -2.24. The maximum absolute atomic E-state index is 13.0. The number of ether oxygens (including phenoxy) is 4. The van der Waals surface area contributed by atoms with Crippen LogP contribution in [0.2, 0.25) is 0 Å². The summed E-state index contributed by atoms with van der Waals surface area (Å²) >= 11 is 0.